The first-order chi connectivity index (χ1) is 12.7. The van der Waals surface area contributed by atoms with E-state index in [1.54, 1.807) is 24.3 Å². The number of hydrogen-bond acceptors (Lipinski definition) is 5. The van der Waals surface area contributed by atoms with E-state index >= 15 is 0 Å². The second kappa shape index (κ2) is 7.28. The maximum absolute atomic E-state index is 12.5. The van der Waals surface area contributed by atoms with Gasteiger partial charge in [0, 0.05) is 28.4 Å². The molecule has 1 amide bonds. The van der Waals surface area contributed by atoms with Crippen molar-refractivity contribution in [2.75, 3.05) is 6.61 Å². The molecular weight excluding hydrogens is 387 g/mol. The normalized spacial score (nSPS) is 11.4. The molecule has 0 radical (unpaired) electrons. The van der Waals surface area contributed by atoms with E-state index in [1.807, 2.05) is 0 Å². The van der Waals surface area contributed by atoms with Gasteiger partial charge in [0.05, 0.1) is 0 Å². The number of nitrogens with zero attached hydrogens (tertiary/aromatic N) is 2. The van der Waals surface area contributed by atoms with Crippen LogP contribution in [0, 0.1) is 0 Å². The third kappa shape index (κ3) is 4.56. The fraction of sp³-hybridized carbons (Fsp3) is 0.118. The van der Waals surface area contributed by atoms with Crippen molar-refractivity contribution in [3.8, 4) is 28.3 Å². The minimum atomic E-state index is -4.51. The van der Waals surface area contributed by atoms with Crippen molar-refractivity contribution >= 4 is 17.5 Å². The van der Waals surface area contributed by atoms with Crippen LogP contribution in [0.3, 0.4) is 0 Å². The Balaban J connectivity index is 2.03. The summed E-state index contributed by atoms with van der Waals surface area (Å²) in [6, 6.07) is 9.21. The molecule has 2 N–H and O–H groups in total. The van der Waals surface area contributed by atoms with Crippen molar-refractivity contribution in [1.82, 2.24) is 10.1 Å². The molecule has 0 aliphatic rings. The number of aromatic nitrogens is 2. The Morgan fingerprint density at radius 2 is 1.89 bits per heavy atom. The molecule has 0 aliphatic heterocycles. The van der Waals surface area contributed by atoms with E-state index in [2.05, 4.69) is 10.1 Å². The number of carbonyl (C=O) groups excluding carboxylic acids is 1. The lowest BCUT2D eigenvalue weighted by Crippen LogP contribution is -2.20. The molecule has 2 heterocycles. The van der Waals surface area contributed by atoms with Gasteiger partial charge in [-0.15, -0.1) is 0 Å². The fourth-order valence-electron chi connectivity index (χ4n) is 2.22. The predicted molar refractivity (Wildman–Crippen MR) is 90.2 cm³/mol. The summed E-state index contributed by atoms with van der Waals surface area (Å²) in [6.45, 7) is -1.49. The van der Waals surface area contributed by atoms with Gasteiger partial charge in [0.15, 0.2) is 6.61 Å². The van der Waals surface area contributed by atoms with Crippen LogP contribution in [-0.2, 0) is 0 Å². The highest BCUT2D eigenvalue weighted by Gasteiger charge is 2.29. The van der Waals surface area contributed by atoms with Crippen LogP contribution in [-0.4, -0.2) is 28.8 Å². The maximum Gasteiger partial charge on any atom is 0.422 e. The maximum atomic E-state index is 12.5. The Morgan fingerprint density at radius 1 is 1.19 bits per heavy atom. The van der Waals surface area contributed by atoms with Gasteiger partial charge >= 0.3 is 6.18 Å². The van der Waals surface area contributed by atoms with E-state index in [9.17, 15) is 18.0 Å². The van der Waals surface area contributed by atoms with E-state index in [0.717, 1.165) is 0 Å². The monoisotopic (exact) mass is 397 g/mol. The van der Waals surface area contributed by atoms with Crippen molar-refractivity contribution < 1.29 is 27.2 Å². The van der Waals surface area contributed by atoms with Crippen LogP contribution in [0.1, 0.15) is 10.6 Å². The van der Waals surface area contributed by atoms with Crippen LogP contribution in [0.25, 0.3) is 22.4 Å². The van der Waals surface area contributed by atoms with Gasteiger partial charge in [0.2, 0.25) is 11.6 Å². The highest BCUT2D eigenvalue weighted by atomic mass is 35.5. The third-order valence-electron chi connectivity index (χ3n) is 3.43. The van der Waals surface area contributed by atoms with Gasteiger partial charge in [-0.3, -0.25) is 4.79 Å². The molecule has 0 fully saturated rings. The molecule has 0 atom stereocenters. The molecule has 3 rings (SSSR count). The summed E-state index contributed by atoms with van der Waals surface area (Å²) in [5.41, 5.74) is 6.58. The number of benzene rings is 1. The second-order valence-corrected chi connectivity index (χ2v) is 5.86. The van der Waals surface area contributed by atoms with Crippen LogP contribution in [0.5, 0.6) is 5.88 Å². The highest BCUT2D eigenvalue weighted by molar-refractivity contribution is 6.30. The third-order valence-corrected chi connectivity index (χ3v) is 3.68. The lowest BCUT2D eigenvalue weighted by Gasteiger charge is -2.13. The first-order valence-electron chi connectivity index (χ1n) is 7.45. The molecule has 0 saturated heterocycles. The Hall–Kier alpha value is -3.07. The van der Waals surface area contributed by atoms with Crippen molar-refractivity contribution in [1.29, 1.82) is 0 Å². The van der Waals surface area contributed by atoms with Crippen molar-refractivity contribution in [3.63, 3.8) is 0 Å². The molecule has 1 aromatic carbocycles. The van der Waals surface area contributed by atoms with E-state index in [0.29, 0.717) is 16.1 Å². The first kappa shape index (κ1) is 18.7. The van der Waals surface area contributed by atoms with Crippen LogP contribution in [0.15, 0.2) is 47.1 Å². The Morgan fingerprint density at radius 3 is 2.48 bits per heavy atom. The molecule has 0 unspecified atom stereocenters. The molecule has 10 heteroatoms. The van der Waals surface area contributed by atoms with Crippen molar-refractivity contribution in [2.24, 2.45) is 5.73 Å². The molecule has 6 nitrogen and oxygen atoms in total. The summed E-state index contributed by atoms with van der Waals surface area (Å²) in [5, 5.41) is 4.18. The van der Waals surface area contributed by atoms with Crippen LogP contribution in [0.2, 0.25) is 5.02 Å². The summed E-state index contributed by atoms with van der Waals surface area (Å²) >= 11 is 5.86. The molecule has 27 heavy (non-hydrogen) atoms. The van der Waals surface area contributed by atoms with E-state index in [4.69, 9.17) is 26.6 Å². The summed E-state index contributed by atoms with van der Waals surface area (Å²) in [6.07, 6.45) is -3.26. The Labute approximate surface area is 155 Å². The van der Waals surface area contributed by atoms with Crippen molar-refractivity contribution in [2.45, 2.75) is 6.18 Å². The van der Waals surface area contributed by atoms with Gasteiger partial charge in [-0.25, -0.2) is 4.98 Å². The molecule has 0 bridgehead atoms. The zero-order valence-electron chi connectivity index (χ0n) is 13.5. The van der Waals surface area contributed by atoms with Gasteiger partial charge in [0.1, 0.15) is 5.69 Å². The number of ether oxygens (including phenoxy) is 1. The smallest absolute Gasteiger partial charge is 0.422 e. The molecule has 0 saturated carbocycles. The molecule has 0 spiro atoms. The number of alkyl halides is 3. The number of rotatable bonds is 5. The Bertz CT molecular complexity index is 972. The lowest BCUT2D eigenvalue weighted by atomic mass is 10.0. The number of pyridine rings is 1. The fourth-order valence-corrected chi connectivity index (χ4v) is 2.35. The van der Waals surface area contributed by atoms with E-state index in [1.165, 1.54) is 18.3 Å². The molecular formula is C17H11ClF3N3O3. The summed E-state index contributed by atoms with van der Waals surface area (Å²) in [7, 11) is 0. The first-order valence-corrected chi connectivity index (χ1v) is 7.83. The number of amides is 1. The number of primary amides is 1. The average molecular weight is 398 g/mol. The summed E-state index contributed by atoms with van der Waals surface area (Å²) in [5.74, 6) is -1.17. The van der Waals surface area contributed by atoms with Gasteiger partial charge in [-0.05, 0) is 23.8 Å². The largest absolute Gasteiger partial charge is 0.468 e. The van der Waals surface area contributed by atoms with Gasteiger partial charge in [-0.2, -0.15) is 13.2 Å². The minimum Gasteiger partial charge on any atom is -0.468 e. The zero-order chi connectivity index (χ0) is 19.6. The number of carbonyl (C=O) groups is 1. The standard InChI is InChI=1S/C17H11ClF3N3O3/c18-11-3-1-9(2-4-11)12-5-10(13-6-14(15(22)25)27-24-13)7-23-16(12)26-8-17(19,20)21/h1-7H,8H2,(H2,22,25). The molecule has 3 aromatic rings. The van der Waals surface area contributed by atoms with E-state index < -0.39 is 18.7 Å². The SMILES string of the molecule is NC(=O)c1cc(-c2cnc(OCC(F)(F)F)c(-c3ccc(Cl)cc3)c2)no1. The van der Waals surface area contributed by atoms with Gasteiger partial charge in [0.25, 0.3) is 5.91 Å². The Kier molecular flexibility index (Phi) is 5.04. The molecule has 0 aliphatic carbocycles. The van der Waals surface area contributed by atoms with Crippen LogP contribution in [0.4, 0.5) is 13.2 Å². The predicted octanol–water partition coefficient (Wildman–Crippen LogP) is 4.10. The van der Waals surface area contributed by atoms with Crippen LogP contribution >= 0.6 is 11.6 Å². The van der Waals surface area contributed by atoms with E-state index in [-0.39, 0.29) is 22.9 Å². The van der Waals surface area contributed by atoms with Crippen LogP contribution < -0.4 is 10.5 Å². The van der Waals surface area contributed by atoms with Gasteiger partial charge in [-0.1, -0.05) is 28.9 Å². The lowest BCUT2D eigenvalue weighted by molar-refractivity contribution is -0.154. The quantitative estimate of drug-likeness (QED) is 0.700. The minimum absolute atomic E-state index is 0.157. The number of hydrogen-bond donors (Lipinski definition) is 1. The zero-order valence-corrected chi connectivity index (χ0v) is 14.2. The molecule has 140 valence electrons. The second-order valence-electron chi connectivity index (χ2n) is 5.43. The molecule has 2 aromatic heterocycles. The topological polar surface area (TPSA) is 91.2 Å². The number of halogens is 4. The van der Waals surface area contributed by atoms with Gasteiger partial charge < -0.3 is 15.0 Å². The van der Waals surface area contributed by atoms with Crippen molar-refractivity contribution in [3.05, 3.63) is 53.4 Å². The summed E-state index contributed by atoms with van der Waals surface area (Å²) < 4.78 is 47.2. The highest BCUT2D eigenvalue weighted by Crippen LogP contribution is 2.33. The number of nitrogens with two attached hydrogens (primary N) is 1. The average Bonchev–Trinajstić information content (AvgIpc) is 3.10. The summed E-state index contributed by atoms with van der Waals surface area (Å²) in [4.78, 5) is 15.1.